The Morgan fingerprint density at radius 1 is 1.00 bits per heavy atom. The zero-order chi connectivity index (χ0) is 16.1. The molecule has 0 amide bonds. The van der Waals surface area contributed by atoms with E-state index < -0.39 is 4.33 Å². The number of unbranched alkanes of at least 4 members (excludes halogenated alkanes) is 5. The third-order valence-electron chi connectivity index (χ3n) is 4.13. The fraction of sp³-hybridized carbons (Fsp3) is 0.889. The average molecular weight is 337 g/mol. The molecule has 0 saturated heterocycles. The molecule has 1 nitrogen and oxygen atoms in total. The van der Waals surface area contributed by atoms with E-state index in [1.54, 1.807) is 7.11 Å². The van der Waals surface area contributed by atoms with Gasteiger partial charge in [0.1, 0.15) is 4.33 Å². The van der Waals surface area contributed by atoms with Crippen molar-refractivity contribution < 1.29 is 4.74 Å². The smallest absolute Gasteiger partial charge is 0.118 e. The minimum absolute atomic E-state index is 0.178. The number of alkyl halides is 2. The third kappa shape index (κ3) is 11.5. The predicted octanol–water partition coefficient (Wildman–Crippen LogP) is 6.92. The zero-order valence-corrected chi connectivity index (χ0v) is 15.8. The van der Waals surface area contributed by atoms with Crippen LogP contribution in [0.3, 0.4) is 0 Å². The largest absolute Gasteiger partial charge is 0.377 e. The van der Waals surface area contributed by atoms with Crippen molar-refractivity contribution in [3.8, 4) is 0 Å². The van der Waals surface area contributed by atoms with Crippen LogP contribution < -0.4 is 0 Å². The molecule has 2 atom stereocenters. The van der Waals surface area contributed by atoms with Crippen molar-refractivity contribution in [1.82, 2.24) is 0 Å². The van der Waals surface area contributed by atoms with E-state index >= 15 is 0 Å². The maximum atomic E-state index is 6.37. The first kappa shape index (κ1) is 21.3. The molecule has 0 saturated carbocycles. The summed E-state index contributed by atoms with van der Waals surface area (Å²) in [7, 11) is 1.76. The zero-order valence-electron chi connectivity index (χ0n) is 14.3. The first-order valence-corrected chi connectivity index (χ1v) is 9.24. The van der Waals surface area contributed by atoms with Gasteiger partial charge in [0.2, 0.25) is 0 Å². The van der Waals surface area contributed by atoms with Crippen molar-refractivity contribution >= 4 is 23.2 Å². The topological polar surface area (TPSA) is 9.23 Å². The van der Waals surface area contributed by atoms with Gasteiger partial charge in [-0.15, -0.1) is 23.2 Å². The van der Waals surface area contributed by atoms with Crippen molar-refractivity contribution in [2.24, 2.45) is 5.92 Å². The van der Waals surface area contributed by atoms with Crippen molar-refractivity contribution in [3.63, 3.8) is 0 Å². The molecule has 0 aliphatic carbocycles. The van der Waals surface area contributed by atoms with E-state index in [1.165, 1.54) is 38.5 Å². The summed E-state index contributed by atoms with van der Waals surface area (Å²) in [5, 5.41) is 0. The van der Waals surface area contributed by atoms with Crippen LogP contribution in [0.1, 0.15) is 78.6 Å². The van der Waals surface area contributed by atoms with Gasteiger partial charge in [-0.3, -0.25) is 0 Å². The molecule has 0 spiro atoms. The molecule has 126 valence electrons. The Labute approximate surface area is 142 Å². The Hall–Kier alpha value is 0.280. The number of allylic oxidation sites excluding steroid dienone is 1. The molecule has 0 aromatic heterocycles. The highest BCUT2D eigenvalue weighted by Crippen LogP contribution is 2.37. The second-order valence-corrected chi connectivity index (χ2v) is 7.85. The Balaban J connectivity index is 4.10. The van der Waals surface area contributed by atoms with Crippen LogP contribution in [0, 0.1) is 5.92 Å². The maximum Gasteiger partial charge on any atom is 0.118 e. The van der Waals surface area contributed by atoms with Gasteiger partial charge in [-0.2, -0.15) is 0 Å². The van der Waals surface area contributed by atoms with Gasteiger partial charge in [-0.1, -0.05) is 57.6 Å². The van der Waals surface area contributed by atoms with Gasteiger partial charge in [0.05, 0.1) is 6.10 Å². The van der Waals surface area contributed by atoms with Crippen LogP contribution in [0.2, 0.25) is 0 Å². The van der Waals surface area contributed by atoms with Crippen LogP contribution in [0.25, 0.3) is 0 Å². The number of halogens is 2. The molecule has 0 fully saturated rings. The Morgan fingerprint density at radius 3 is 2.14 bits per heavy atom. The molecule has 0 aliphatic heterocycles. The molecule has 0 heterocycles. The van der Waals surface area contributed by atoms with Crippen LogP contribution >= 0.6 is 23.2 Å². The molecule has 2 unspecified atom stereocenters. The average Bonchev–Trinajstić information content (AvgIpc) is 2.42. The fourth-order valence-corrected chi connectivity index (χ4v) is 3.13. The minimum atomic E-state index is -0.641. The summed E-state index contributed by atoms with van der Waals surface area (Å²) in [5.74, 6) is 0.343. The molecule has 0 aliphatic rings. The lowest BCUT2D eigenvalue weighted by atomic mass is 9.91. The second kappa shape index (κ2) is 12.8. The number of ether oxygens (including phenoxy) is 1. The van der Waals surface area contributed by atoms with E-state index in [2.05, 4.69) is 13.0 Å². The molecule has 0 aromatic carbocycles. The quantitative estimate of drug-likeness (QED) is 0.201. The van der Waals surface area contributed by atoms with E-state index in [0.29, 0.717) is 5.92 Å². The second-order valence-electron chi connectivity index (χ2n) is 6.09. The Bertz CT molecular complexity index is 258. The van der Waals surface area contributed by atoms with Crippen LogP contribution in [-0.2, 0) is 4.74 Å². The van der Waals surface area contributed by atoms with Gasteiger partial charge in [-0.05, 0) is 39.0 Å². The molecule has 0 radical (unpaired) electrons. The van der Waals surface area contributed by atoms with E-state index in [0.717, 1.165) is 19.3 Å². The van der Waals surface area contributed by atoms with Gasteiger partial charge >= 0.3 is 0 Å². The summed E-state index contributed by atoms with van der Waals surface area (Å²) >= 11 is 12.7. The van der Waals surface area contributed by atoms with Crippen LogP contribution in [0.5, 0.6) is 0 Å². The number of hydrogen-bond donors (Lipinski definition) is 0. The summed E-state index contributed by atoms with van der Waals surface area (Å²) in [6.45, 7) is 6.20. The standard InChI is InChI=1S/C18H34Cl2O/c1-5-7-8-9-10-11-13-16(18(3,19)20)14-15-17(21-4)12-6-2/h6,12,16-17H,5,7-11,13-15H2,1-4H3. The number of hydrogen-bond acceptors (Lipinski definition) is 1. The van der Waals surface area contributed by atoms with Gasteiger partial charge in [0.15, 0.2) is 0 Å². The Morgan fingerprint density at radius 2 is 1.62 bits per heavy atom. The van der Waals surface area contributed by atoms with Crippen LogP contribution in [-0.4, -0.2) is 17.5 Å². The van der Waals surface area contributed by atoms with Crippen molar-refractivity contribution in [2.45, 2.75) is 89.0 Å². The predicted molar refractivity (Wildman–Crippen MR) is 96.4 cm³/mol. The molecule has 21 heavy (non-hydrogen) atoms. The van der Waals surface area contributed by atoms with Crippen LogP contribution in [0.4, 0.5) is 0 Å². The highest BCUT2D eigenvalue weighted by molar-refractivity contribution is 6.48. The summed E-state index contributed by atoms with van der Waals surface area (Å²) in [6, 6.07) is 0. The summed E-state index contributed by atoms with van der Waals surface area (Å²) in [6.07, 6.45) is 15.3. The maximum absolute atomic E-state index is 6.37. The molecular weight excluding hydrogens is 303 g/mol. The van der Waals surface area contributed by atoms with Gasteiger partial charge in [-0.25, -0.2) is 0 Å². The molecule has 0 bridgehead atoms. The van der Waals surface area contributed by atoms with E-state index in [1.807, 2.05) is 19.9 Å². The van der Waals surface area contributed by atoms with Crippen LogP contribution in [0.15, 0.2) is 12.2 Å². The first-order chi connectivity index (χ1) is 9.95. The lowest BCUT2D eigenvalue weighted by molar-refractivity contribution is 0.124. The van der Waals surface area contributed by atoms with Crippen molar-refractivity contribution in [2.75, 3.05) is 7.11 Å². The monoisotopic (exact) mass is 336 g/mol. The molecule has 0 aromatic rings. The lowest BCUT2D eigenvalue weighted by Crippen LogP contribution is -2.23. The van der Waals surface area contributed by atoms with Crippen molar-refractivity contribution in [1.29, 1.82) is 0 Å². The number of rotatable bonds is 13. The molecular formula is C18H34Cl2O. The van der Waals surface area contributed by atoms with E-state index in [4.69, 9.17) is 27.9 Å². The van der Waals surface area contributed by atoms with E-state index in [9.17, 15) is 0 Å². The van der Waals surface area contributed by atoms with E-state index in [-0.39, 0.29) is 6.10 Å². The lowest BCUT2D eigenvalue weighted by Gasteiger charge is -2.27. The SMILES string of the molecule is CC=CC(CCC(CCCCCCCC)C(C)(Cl)Cl)OC. The molecule has 0 rings (SSSR count). The highest BCUT2D eigenvalue weighted by Gasteiger charge is 2.29. The molecule has 3 heteroatoms. The highest BCUT2D eigenvalue weighted by atomic mass is 35.5. The molecule has 0 N–H and O–H groups in total. The van der Waals surface area contributed by atoms with Gasteiger partial charge < -0.3 is 4.74 Å². The van der Waals surface area contributed by atoms with Gasteiger partial charge in [0, 0.05) is 7.11 Å². The van der Waals surface area contributed by atoms with Gasteiger partial charge in [0.25, 0.3) is 0 Å². The minimum Gasteiger partial charge on any atom is -0.377 e. The fourth-order valence-electron chi connectivity index (χ4n) is 2.70. The summed E-state index contributed by atoms with van der Waals surface area (Å²) in [4.78, 5) is 0. The summed E-state index contributed by atoms with van der Waals surface area (Å²) < 4.78 is 4.81. The number of methoxy groups -OCH3 is 1. The van der Waals surface area contributed by atoms with Crippen molar-refractivity contribution in [3.05, 3.63) is 12.2 Å². The Kier molecular flexibility index (Phi) is 13.0. The normalized spacial score (nSPS) is 15.5. The third-order valence-corrected chi connectivity index (χ3v) is 4.75. The first-order valence-electron chi connectivity index (χ1n) is 8.49. The summed E-state index contributed by atoms with van der Waals surface area (Å²) in [5.41, 5.74) is 0.